The zero-order chi connectivity index (χ0) is 20.2. The fraction of sp³-hybridized carbons (Fsp3) is 0.458. The number of carbonyl (C=O) groups is 1. The van der Waals surface area contributed by atoms with Gasteiger partial charge in [-0.1, -0.05) is 36.4 Å². The summed E-state index contributed by atoms with van der Waals surface area (Å²) >= 11 is 0. The first kappa shape index (κ1) is 18.8. The van der Waals surface area contributed by atoms with Gasteiger partial charge in [-0.15, -0.1) is 0 Å². The standard InChI is InChI=1S/C24H27FN2O2/c1-16(29)26-14-24(15-26)23(22(13-28)27(24)12-17-5-6-17)19-9-7-18(8-10-19)20-3-2-4-21(25)11-20/h2-4,7-11,17,22-23,28H,5-6,12-15H2,1H3/t22-,23+/m0/s1. The van der Waals surface area contributed by atoms with E-state index in [-0.39, 0.29) is 35.8 Å². The van der Waals surface area contributed by atoms with E-state index in [4.69, 9.17) is 0 Å². The van der Waals surface area contributed by atoms with Crippen LogP contribution in [0.5, 0.6) is 0 Å². The van der Waals surface area contributed by atoms with Crippen LogP contribution in [0.2, 0.25) is 0 Å². The number of hydrogen-bond acceptors (Lipinski definition) is 3. The first-order valence-electron chi connectivity index (χ1n) is 10.5. The van der Waals surface area contributed by atoms with E-state index in [0.717, 1.165) is 36.7 Å². The SMILES string of the molecule is CC(=O)N1CC2(C1)[C@H](c1ccc(-c3cccc(F)c3)cc1)[C@H](CO)N2CC1CC1. The van der Waals surface area contributed by atoms with Gasteiger partial charge in [0.2, 0.25) is 5.91 Å². The lowest BCUT2D eigenvalue weighted by atomic mass is 9.60. The second-order valence-electron chi connectivity index (χ2n) is 8.93. The third kappa shape index (κ3) is 3.08. The molecule has 0 unspecified atom stereocenters. The molecule has 29 heavy (non-hydrogen) atoms. The third-order valence-corrected chi connectivity index (χ3v) is 7.08. The topological polar surface area (TPSA) is 43.8 Å². The molecule has 1 saturated carbocycles. The van der Waals surface area contributed by atoms with Crippen LogP contribution in [0.25, 0.3) is 11.1 Å². The number of halogens is 1. The molecule has 2 saturated heterocycles. The van der Waals surface area contributed by atoms with E-state index in [1.54, 1.807) is 19.1 Å². The number of likely N-dealkylation sites (tertiary alicyclic amines) is 2. The number of rotatable bonds is 5. The molecule has 2 aromatic rings. The Hall–Kier alpha value is -2.24. The number of carbonyl (C=O) groups excluding carboxylic acids is 1. The Bertz CT molecular complexity index is 919. The van der Waals surface area contributed by atoms with E-state index in [2.05, 4.69) is 17.0 Å². The van der Waals surface area contributed by atoms with Gasteiger partial charge in [0.1, 0.15) is 5.82 Å². The monoisotopic (exact) mass is 394 g/mol. The summed E-state index contributed by atoms with van der Waals surface area (Å²) < 4.78 is 13.6. The van der Waals surface area contributed by atoms with Gasteiger partial charge in [0.25, 0.3) is 0 Å². The van der Waals surface area contributed by atoms with Crippen molar-refractivity contribution in [3.8, 4) is 11.1 Å². The minimum atomic E-state index is -0.237. The smallest absolute Gasteiger partial charge is 0.219 e. The zero-order valence-electron chi connectivity index (χ0n) is 16.7. The predicted octanol–water partition coefficient (Wildman–Crippen LogP) is 3.26. The molecule has 0 aromatic heterocycles. The molecule has 3 fully saturated rings. The summed E-state index contributed by atoms with van der Waals surface area (Å²) in [5, 5.41) is 10.1. The van der Waals surface area contributed by atoms with Crippen molar-refractivity contribution >= 4 is 5.91 Å². The molecule has 2 aliphatic heterocycles. The van der Waals surface area contributed by atoms with Crippen LogP contribution in [0, 0.1) is 11.7 Å². The van der Waals surface area contributed by atoms with E-state index < -0.39 is 0 Å². The molecule has 5 rings (SSSR count). The average molecular weight is 394 g/mol. The molecule has 3 aliphatic rings. The van der Waals surface area contributed by atoms with Crippen LogP contribution < -0.4 is 0 Å². The van der Waals surface area contributed by atoms with Crippen molar-refractivity contribution in [3.05, 3.63) is 59.9 Å². The second kappa shape index (κ2) is 6.92. The fourth-order valence-electron chi connectivity index (χ4n) is 5.36. The number of nitrogens with zero attached hydrogens (tertiary/aromatic N) is 2. The van der Waals surface area contributed by atoms with Crippen molar-refractivity contribution in [1.82, 2.24) is 9.80 Å². The summed E-state index contributed by atoms with van der Waals surface area (Å²) in [7, 11) is 0. The molecule has 2 heterocycles. The molecule has 1 N–H and O–H groups in total. The van der Waals surface area contributed by atoms with Crippen molar-refractivity contribution in [2.45, 2.75) is 37.3 Å². The van der Waals surface area contributed by atoms with Gasteiger partial charge in [-0.2, -0.15) is 0 Å². The number of benzene rings is 2. The highest BCUT2D eigenvalue weighted by Gasteiger charge is 2.66. The molecule has 4 nitrogen and oxygen atoms in total. The summed E-state index contributed by atoms with van der Waals surface area (Å²) in [6.45, 7) is 4.26. The van der Waals surface area contributed by atoms with Crippen molar-refractivity contribution < 1.29 is 14.3 Å². The normalized spacial score (nSPS) is 25.6. The summed E-state index contributed by atoms with van der Waals surface area (Å²) in [6, 6.07) is 15.0. The van der Waals surface area contributed by atoms with Crippen LogP contribution >= 0.6 is 0 Å². The molecule has 152 valence electrons. The van der Waals surface area contributed by atoms with Gasteiger partial charge < -0.3 is 10.0 Å². The number of hydrogen-bond donors (Lipinski definition) is 1. The van der Waals surface area contributed by atoms with Gasteiger partial charge in [0.15, 0.2) is 0 Å². The molecule has 0 radical (unpaired) electrons. The molecular weight excluding hydrogens is 367 g/mol. The van der Waals surface area contributed by atoms with Gasteiger partial charge >= 0.3 is 0 Å². The van der Waals surface area contributed by atoms with E-state index in [1.807, 2.05) is 23.1 Å². The second-order valence-corrected chi connectivity index (χ2v) is 8.93. The fourth-order valence-corrected chi connectivity index (χ4v) is 5.36. The first-order chi connectivity index (χ1) is 14.0. The van der Waals surface area contributed by atoms with Gasteiger partial charge in [-0.05, 0) is 47.6 Å². The Labute approximate surface area is 170 Å². The van der Waals surface area contributed by atoms with Crippen molar-refractivity contribution in [3.63, 3.8) is 0 Å². The lowest BCUT2D eigenvalue weighted by Crippen LogP contribution is -2.85. The van der Waals surface area contributed by atoms with Crippen molar-refractivity contribution in [2.24, 2.45) is 5.92 Å². The summed E-state index contributed by atoms with van der Waals surface area (Å²) in [4.78, 5) is 16.2. The largest absolute Gasteiger partial charge is 0.395 e. The van der Waals surface area contributed by atoms with Gasteiger partial charge in [0, 0.05) is 38.5 Å². The van der Waals surface area contributed by atoms with Gasteiger partial charge in [0.05, 0.1) is 12.1 Å². The minimum Gasteiger partial charge on any atom is -0.395 e. The first-order valence-corrected chi connectivity index (χ1v) is 10.5. The van der Waals surface area contributed by atoms with Crippen LogP contribution in [0.1, 0.15) is 31.2 Å². The van der Waals surface area contributed by atoms with Crippen molar-refractivity contribution in [1.29, 1.82) is 0 Å². The highest BCUT2D eigenvalue weighted by atomic mass is 19.1. The van der Waals surface area contributed by atoms with E-state index in [0.29, 0.717) is 0 Å². The minimum absolute atomic E-state index is 0.0535. The maximum Gasteiger partial charge on any atom is 0.219 e. The number of aliphatic hydroxyl groups is 1. The van der Waals surface area contributed by atoms with Crippen molar-refractivity contribution in [2.75, 3.05) is 26.2 Å². The summed E-state index contributed by atoms with van der Waals surface area (Å²) in [6.07, 6.45) is 2.54. The highest BCUT2D eigenvalue weighted by molar-refractivity contribution is 5.75. The molecule has 1 spiro atoms. The Morgan fingerprint density at radius 2 is 1.86 bits per heavy atom. The Balaban J connectivity index is 1.42. The Kier molecular flexibility index (Phi) is 4.48. The van der Waals surface area contributed by atoms with Crippen LogP contribution in [-0.4, -0.2) is 58.6 Å². The van der Waals surface area contributed by atoms with Crippen LogP contribution in [0.3, 0.4) is 0 Å². The molecular formula is C24H27FN2O2. The van der Waals surface area contributed by atoms with Crippen LogP contribution in [0.4, 0.5) is 4.39 Å². The highest BCUT2D eigenvalue weighted by Crippen LogP contribution is 2.55. The van der Waals surface area contributed by atoms with Gasteiger partial charge in [-0.3, -0.25) is 9.69 Å². The van der Waals surface area contributed by atoms with E-state index in [1.165, 1.54) is 24.5 Å². The van der Waals surface area contributed by atoms with Crippen LogP contribution in [-0.2, 0) is 4.79 Å². The lowest BCUT2D eigenvalue weighted by molar-refractivity contribution is -0.196. The number of amides is 1. The average Bonchev–Trinajstić information content (AvgIpc) is 3.48. The van der Waals surface area contributed by atoms with Crippen LogP contribution in [0.15, 0.2) is 48.5 Å². The summed E-state index contributed by atoms with van der Waals surface area (Å²) in [5.41, 5.74) is 2.98. The molecule has 0 bridgehead atoms. The molecule has 2 aromatic carbocycles. The van der Waals surface area contributed by atoms with E-state index >= 15 is 0 Å². The van der Waals surface area contributed by atoms with Gasteiger partial charge in [-0.25, -0.2) is 4.39 Å². The maximum atomic E-state index is 13.6. The quantitative estimate of drug-likeness (QED) is 0.847. The molecule has 2 atom stereocenters. The molecule has 5 heteroatoms. The lowest BCUT2D eigenvalue weighted by Gasteiger charge is -2.71. The molecule has 1 aliphatic carbocycles. The van der Waals surface area contributed by atoms with E-state index in [9.17, 15) is 14.3 Å². The zero-order valence-corrected chi connectivity index (χ0v) is 16.7. The summed E-state index contributed by atoms with van der Waals surface area (Å²) in [5.74, 6) is 0.834. The Morgan fingerprint density at radius 1 is 1.14 bits per heavy atom. The maximum absolute atomic E-state index is 13.6. The third-order valence-electron chi connectivity index (χ3n) is 7.08. The number of aliphatic hydroxyl groups excluding tert-OH is 1. The Morgan fingerprint density at radius 3 is 2.45 bits per heavy atom. The molecule has 1 amide bonds. The predicted molar refractivity (Wildman–Crippen MR) is 110 cm³/mol.